The molecular formula is C15H15ClFN. The first-order valence-electron chi connectivity index (χ1n) is 5.84. The lowest BCUT2D eigenvalue weighted by atomic mass is 10.1. The number of hydrogen-bond acceptors (Lipinski definition) is 1. The van der Waals surface area contributed by atoms with Crippen molar-refractivity contribution in [3.05, 3.63) is 64.4 Å². The number of anilines is 1. The lowest BCUT2D eigenvalue weighted by molar-refractivity contribution is 0.618. The van der Waals surface area contributed by atoms with Crippen molar-refractivity contribution >= 4 is 17.3 Å². The second kappa shape index (κ2) is 5.40. The van der Waals surface area contributed by atoms with Gasteiger partial charge in [0.2, 0.25) is 0 Å². The molecule has 0 fully saturated rings. The molecule has 2 aromatic carbocycles. The van der Waals surface area contributed by atoms with Gasteiger partial charge in [0.1, 0.15) is 5.82 Å². The molecule has 1 N–H and O–H groups in total. The van der Waals surface area contributed by atoms with Crippen LogP contribution in [-0.4, -0.2) is 0 Å². The highest BCUT2D eigenvalue weighted by molar-refractivity contribution is 6.30. The standard InChI is InChI=1S/C15H15ClFN/c1-10-9-14(7-8-15(10)17)18-11(2)12-3-5-13(16)6-4-12/h3-9,11,18H,1-2H3. The van der Waals surface area contributed by atoms with E-state index in [1.807, 2.05) is 30.3 Å². The van der Waals surface area contributed by atoms with Crippen molar-refractivity contribution in [1.82, 2.24) is 0 Å². The Labute approximate surface area is 112 Å². The summed E-state index contributed by atoms with van der Waals surface area (Å²) in [6, 6.07) is 12.9. The van der Waals surface area contributed by atoms with Gasteiger partial charge in [-0.3, -0.25) is 0 Å². The molecule has 0 heterocycles. The molecule has 1 atom stereocenters. The molecule has 94 valence electrons. The second-order valence-corrected chi connectivity index (χ2v) is 4.82. The largest absolute Gasteiger partial charge is 0.379 e. The summed E-state index contributed by atoms with van der Waals surface area (Å²) in [5, 5.41) is 4.06. The van der Waals surface area contributed by atoms with Crippen LogP contribution in [0, 0.1) is 12.7 Å². The van der Waals surface area contributed by atoms with Crippen LogP contribution in [0.4, 0.5) is 10.1 Å². The zero-order chi connectivity index (χ0) is 13.1. The van der Waals surface area contributed by atoms with Crippen LogP contribution in [0.5, 0.6) is 0 Å². The highest BCUT2D eigenvalue weighted by Crippen LogP contribution is 2.22. The fraction of sp³-hybridized carbons (Fsp3) is 0.200. The molecule has 0 bridgehead atoms. The Balaban J connectivity index is 2.13. The first kappa shape index (κ1) is 12.9. The maximum atomic E-state index is 13.2. The Bertz CT molecular complexity index is 537. The van der Waals surface area contributed by atoms with Gasteiger partial charge in [0.05, 0.1) is 0 Å². The highest BCUT2D eigenvalue weighted by atomic mass is 35.5. The third-order valence-corrected chi connectivity index (χ3v) is 3.16. The van der Waals surface area contributed by atoms with Crippen LogP contribution in [0.15, 0.2) is 42.5 Å². The minimum atomic E-state index is -0.181. The molecule has 0 aliphatic carbocycles. The number of benzene rings is 2. The van der Waals surface area contributed by atoms with Crippen LogP contribution < -0.4 is 5.32 Å². The van der Waals surface area contributed by atoms with Crippen LogP contribution in [-0.2, 0) is 0 Å². The molecular weight excluding hydrogens is 249 g/mol. The van der Waals surface area contributed by atoms with Crippen molar-refractivity contribution in [1.29, 1.82) is 0 Å². The monoisotopic (exact) mass is 263 g/mol. The molecule has 0 saturated heterocycles. The molecule has 1 unspecified atom stereocenters. The van der Waals surface area contributed by atoms with E-state index in [0.717, 1.165) is 16.3 Å². The fourth-order valence-corrected chi connectivity index (χ4v) is 1.95. The topological polar surface area (TPSA) is 12.0 Å². The van der Waals surface area contributed by atoms with Gasteiger partial charge in [-0.05, 0) is 55.3 Å². The van der Waals surface area contributed by atoms with Gasteiger partial charge in [0.15, 0.2) is 0 Å². The van der Waals surface area contributed by atoms with E-state index in [2.05, 4.69) is 12.2 Å². The normalized spacial score (nSPS) is 12.2. The quantitative estimate of drug-likeness (QED) is 0.825. The minimum Gasteiger partial charge on any atom is -0.379 e. The highest BCUT2D eigenvalue weighted by Gasteiger charge is 2.06. The molecule has 3 heteroatoms. The Morgan fingerprint density at radius 1 is 1.11 bits per heavy atom. The van der Waals surface area contributed by atoms with Gasteiger partial charge < -0.3 is 5.32 Å². The van der Waals surface area contributed by atoms with Crippen LogP contribution in [0.25, 0.3) is 0 Å². The van der Waals surface area contributed by atoms with Gasteiger partial charge in [-0.25, -0.2) is 4.39 Å². The number of halogens is 2. The Hall–Kier alpha value is -1.54. The predicted octanol–water partition coefficient (Wildman–Crippen LogP) is 4.96. The Morgan fingerprint density at radius 2 is 1.78 bits per heavy atom. The predicted molar refractivity (Wildman–Crippen MR) is 74.6 cm³/mol. The third kappa shape index (κ3) is 3.02. The van der Waals surface area contributed by atoms with E-state index in [9.17, 15) is 4.39 Å². The van der Waals surface area contributed by atoms with E-state index in [-0.39, 0.29) is 11.9 Å². The maximum Gasteiger partial charge on any atom is 0.126 e. The summed E-state index contributed by atoms with van der Waals surface area (Å²) in [5.74, 6) is -0.181. The number of hydrogen-bond donors (Lipinski definition) is 1. The molecule has 0 saturated carbocycles. The van der Waals surface area contributed by atoms with Gasteiger partial charge in [0, 0.05) is 16.8 Å². The van der Waals surface area contributed by atoms with E-state index in [1.165, 1.54) is 6.07 Å². The van der Waals surface area contributed by atoms with Crippen molar-refractivity contribution in [2.45, 2.75) is 19.9 Å². The van der Waals surface area contributed by atoms with Crippen LogP contribution in [0.2, 0.25) is 5.02 Å². The fourth-order valence-electron chi connectivity index (χ4n) is 1.82. The van der Waals surface area contributed by atoms with Crippen LogP contribution in [0.1, 0.15) is 24.1 Å². The molecule has 2 aromatic rings. The van der Waals surface area contributed by atoms with E-state index in [1.54, 1.807) is 13.0 Å². The van der Waals surface area contributed by atoms with Gasteiger partial charge in [-0.2, -0.15) is 0 Å². The molecule has 1 nitrogen and oxygen atoms in total. The van der Waals surface area contributed by atoms with Crippen molar-refractivity contribution in [2.24, 2.45) is 0 Å². The van der Waals surface area contributed by atoms with E-state index in [0.29, 0.717) is 5.56 Å². The SMILES string of the molecule is Cc1cc(NC(C)c2ccc(Cl)cc2)ccc1F. The maximum absolute atomic E-state index is 13.2. The zero-order valence-electron chi connectivity index (χ0n) is 10.4. The molecule has 0 aliphatic heterocycles. The minimum absolute atomic E-state index is 0.145. The average molecular weight is 264 g/mol. The van der Waals surface area contributed by atoms with Crippen molar-refractivity contribution in [3.8, 4) is 0 Å². The molecule has 0 aliphatic rings. The Kier molecular flexibility index (Phi) is 3.87. The van der Waals surface area contributed by atoms with Crippen LogP contribution >= 0.6 is 11.6 Å². The number of nitrogens with one attached hydrogen (secondary N) is 1. The molecule has 2 rings (SSSR count). The number of aryl methyl sites for hydroxylation is 1. The summed E-state index contributed by atoms with van der Waals surface area (Å²) in [6.45, 7) is 3.81. The first-order chi connectivity index (χ1) is 8.56. The van der Waals surface area contributed by atoms with Gasteiger partial charge in [0.25, 0.3) is 0 Å². The van der Waals surface area contributed by atoms with Gasteiger partial charge in [-0.15, -0.1) is 0 Å². The molecule has 0 aromatic heterocycles. The first-order valence-corrected chi connectivity index (χ1v) is 6.22. The number of rotatable bonds is 3. The van der Waals surface area contributed by atoms with Gasteiger partial charge in [-0.1, -0.05) is 23.7 Å². The average Bonchev–Trinajstić information content (AvgIpc) is 2.34. The summed E-state index contributed by atoms with van der Waals surface area (Å²) in [5.41, 5.74) is 2.70. The third-order valence-electron chi connectivity index (χ3n) is 2.91. The van der Waals surface area contributed by atoms with Gasteiger partial charge >= 0.3 is 0 Å². The summed E-state index contributed by atoms with van der Waals surface area (Å²) in [7, 11) is 0. The molecule has 18 heavy (non-hydrogen) atoms. The lowest BCUT2D eigenvalue weighted by Gasteiger charge is -2.16. The molecule has 0 spiro atoms. The molecule has 0 radical (unpaired) electrons. The van der Waals surface area contributed by atoms with E-state index < -0.39 is 0 Å². The van der Waals surface area contributed by atoms with Crippen molar-refractivity contribution in [3.63, 3.8) is 0 Å². The Morgan fingerprint density at radius 3 is 2.39 bits per heavy atom. The summed E-state index contributed by atoms with van der Waals surface area (Å²) < 4.78 is 13.2. The van der Waals surface area contributed by atoms with Crippen molar-refractivity contribution < 1.29 is 4.39 Å². The van der Waals surface area contributed by atoms with Crippen molar-refractivity contribution in [2.75, 3.05) is 5.32 Å². The summed E-state index contributed by atoms with van der Waals surface area (Å²) >= 11 is 5.85. The lowest BCUT2D eigenvalue weighted by Crippen LogP contribution is -2.06. The van der Waals surface area contributed by atoms with E-state index in [4.69, 9.17) is 11.6 Å². The second-order valence-electron chi connectivity index (χ2n) is 4.38. The van der Waals surface area contributed by atoms with E-state index >= 15 is 0 Å². The summed E-state index contributed by atoms with van der Waals surface area (Å²) in [6.07, 6.45) is 0. The van der Waals surface area contributed by atoms with Crippen LogP contribution in [0.3, 0.4) is 0 Å². The smallest absolute Gasteiger partial charge is 0.126 e. The zero-order valence-corrected chi connectivity index (χ0v) is 11.1. The summed E-state index contributed by atoms with van der Waals surface area (Å²) in [4.78, 5) is 0. The molecule has 0 amide bonds.